The molecule has 0 atom stereocenters. The molecule has 0 radical (unpaired) electrons. The van der Waals surface area contributed by atoms with E-state index in [2.05, 4.69) is 4.98 Å². The van der Waals surface area contributed by atoms with Crippen molar-refractivity contribution in [3.8, 4) is 10.6 Å². The zero-order valence-electron chi connectivity index (χ0n) is 10.9. The van der Waals surface area contributed by atoms with Crippen LogP contribution in [0.1, 0.15) is 16.1 Å². The van der Waals surface area contributed by atoms with Crippen LogP contribution >= 0.6 is 11.3 Å². The Labute approximate surface area is 118 Å². The van der Waals surface area contributed by atoms with E-state index in [1.54, 1.807) is 13.0 Å². The van der Waals surface area contributed by atoms with E-state index in [0.717, 1.165) is 5.56 Å². The molecule has 0 aliphatic carbocycles. The van der Waals surface area contributed by atoms with Crippen LogP contribution in [0.2, 0.25) is 0 Å². The molecule has 1 aromatic carbocycles. The number of nitro groups is 1. The molecule has 0 amide bonds. The van der Waals surface area contributed by atoms with Crippen molar-refractivity contribution in [1.82, 2.24) is 4.98 Å². The second-order valence-corrected chi connectivity index (χ2v) is 5.44. The number of nitrogens with zero attached hydrogens (tertiary/aromatic N) is 2. The summed E-state index contributed by atoms with van der Waals surface area (Å²) in [5.41, 5.74) is 2.19. The van der Waals surface area contributed by atoms with Crippen LogP contribution < -0.4 is 0 Å². The largest absolute Gasteiger partial charge is 0.481 e. The van der Waals surface area contributed by atoms with Crippen LogP contribution in [0.5, 0.6) is 0 Å². The maximum absolute atomic E-state index is 10.8. The van der Waals surface area contributed by atoms with Gasteiger partial charge in [-0.05, 0) is 19.4 Å². The molecule has 0 fully saturated rings. The molecule has 2 rings (SSSR count). The van der Waals surface area contributed by atoms with Gasteiger partial charge in [-0.3, -0.25) is 14.9 Å². The molecule has 1 N–H and O–H groups in total. The fraction of sp³-hybridized carbons (Fsp3) is 0.231. The summed E-state index contributed by atoms with van der Waals surface area (Å²) in [5, 5.41) is 20.3. The molecule has 0 aliphatic rings. The summed E-state index contributed by atoms with van der Waals surface area (Å²) in [6.45, 7) is 3.58. The highest BCUT2D eigenvalue weighted by molar-refractivity contribution is 7.15. The number of carboxylic acid groups (broad SMARTS) is 1. The van der Waals surface area contributed by atoms with Gasteiger partial charge < -0.3 is 5.11 Å². The minimum Gasteiger partial charge on any atom is -0.481 e. The standard InChI is InChI=1S/C13H12N2O4S/c1-7-3-4-9(15(18)19)5-10(7)13-14-8(2)11(20-13)6-12(16)17/h3-5H,6H2,1-2H3,(H,16,17). The summed E-state index contributed by atoms with van der Waals surface area (Å²) in [5.74, 6) is -0.918. The van der Waals surface area contributed by atoms with E-state index in [1.807, 2.05) is 6.92 Å². The number of thiazole rings is 1. The van der Waals surface area contributed by atoms with E-state index in [1.165, 1.54) is 23.5 Å². The van der Waals surface area contributed by atoms with Crippen molar-refractivity contribution in [2.24, 2.45) is 0 Å². The first-order valence-electron chi connectivity index (χ1n) is 5.82. The number of aromatic nitrogens is 1. The fourth-order valence-electron chi connectivity index (χ4n) is 1.80. The van der Waals surface area contributed by atoms with Crippen molar-refractivity contribution in [3.63, 3.8) is 0 Å². The second kappa shape index (κ2) is 5.38. The first-order valence-corrected chi connectivity index (χ1v) is 6.63. The van der Waals surface area contributed by atoms with E-state index < -0.39 is 10.9 Å². The van der Waals surface area contributed by atoms with Crippen molar-refractivity contribution in [1.29, 1.82) is 0 Å². The maximum atomic E-state index is 10.8. The summed E-state index contributed by atoms with van der Waals surface area (Å²) in [6.07, 6.45) is -0.0858. The zero-order chi connectivity index (χ0) is 14.9. The van der Waals surface area contributed by atoms with E-state index in [4.69, 9.17) is 5.11 Å². The second-order valence-electron chi connectivity index (χ2n) is 4.35. The van der Waals surface area contributed by atoms with Crippen LogP contribution in [0.25, 0.3) is 10.6 Å². The normalized spacial score (nSPS) is 10.5. The Balaban J connectivity index is 2.48. The Morgan fingerprint density at radius 3 is 2.75 bits per heavy atom. The van der Waals surface area contributed by atoms with E-state index in [-0.39, 0.29) is 12.1 Å². The average molecular weight is 292 g/mol. The predicted molar refractivity (Wildman–Crippen MR) is 75.0 cm³/mol. The molecular weight excluding hydrogens is 280 g/mol. The van der Waals surface area contributed by atoms with Crippen LogP contribution in [0, 0.1) is 24.0 Å². The molecule has 1 aromatic heterocycles. The molecule has 20 heavy (non-hydrogen) atoms. The Kier molecular flexibility index (Phi) is 3.80. The molecule has 6 nitrogen and oxygen atoms in total. The number of hydrogen-bond acceptors (Lipinski definition) is 5. The van der Waals surface area contributed by atoms with Crippen LogP contribution in [0.15, 0.2) is 18.2 Å². The van der Waals surface area contributed by atoms with Gasteiger partial charge in [-0.25, -0.2) is 4.98 Å². The summed E-state index contributed by atoms with van der Waals surface area (Å²) in [7, 11) is 0. The highest BCUT2D eigenvalue weighted by Gasteiger charge is 2.16. The summed E-state index contributed by atoms with van der Waals surface area (Å²) >= 11 is 1.26. The van der Waals surface area contributed by atoms with Gasteiger partial charge in [0.15, 0.2) is 0 Å². The van der Waals surface area contributed by atoms with Gasteiger partial charge in [0.25, 0.3) is 5.69 Å². The van der Waals surface area contributed by atoms with Gasteiger partial charge in [-0.15, -0.1) is 11.3 Å². The number of aryl methyl sites for hydroxylation is 2. The molecule has 0 spiro atoms. The van der Waals surface area contributed by atoms with Gasteiger partial charge in [-0.2, -0.15) is 0 Å². The maximum Gasteiger partial charge on any atom is 0.308 e. The van der Waals surface area contributed by atoms with Gasteiger partial charge in [0.05, 0.1) is 17.0 Å². The number of carboxylic acids is 1. The lowest BCUT2D eigenvalue weighted by molar-refractivity contribution is -0.384. The fourth-order valence-corrected chi connectivity index (χ4v) is 2.93. The monoisotopic (exact) mass is 292 g/mol. The Morgan fingerprint density at radius 2 is 2.15 bits per heavy atom. The molecule has 7 heteroatoms. The Hall–Kier alpha value is -2.28. The van der Waals surface area contributed by atoms with E-state index >= 15 is 0 Å². The van der Waals surface area contributed by atoms with Crippen LogP contribution in [0.4, 0.5) is 5.69 Å². The number of non-ortho nitro benzene ring substituents is 1. The number of carbonyl (C=O) groups is 1. The molecular formula is C13H12N2O4S. The van der Waals surface area contributed by atoms with Crippen molar-refractivity contribution in [3.05, 3.63) is 44.4 Å². The highest BCUT2D eigenvalue weighted by Crippen LogP contribution is 2.32. The molecule has 0 saturated carbocycles. The van der Waals surface area contributed by atoms with Gasteiger partial charge in [0.2, 0.25) is 0 Å². The van der Waals surface area contributed by atoms with Crippen molar-refractivity contribution in [2.75, 3.05) is 0 Å². The van der Waals surface area contributed by atoms with Gasteiger partial charge in [0.1, 0.15) is 5.01 Å². The first kappa shape index (κ1) is 14.1. The lowest BCUT2D eigenvalue weighted by Gasteiger charge is -2.01. The molecule has 1 heterocycles. The average Bonchev–Trinajstić information content (AvgIpc) is 2.70. The number of nitro benzene ring substituents is 1. The van der Waals surface area contributed by atoms with Crippen LogP contribution in [-0.4, -0.2) is 21.0 Å². The number of benzene rings is 1. The number of rotatable bonds is 4. The number of aliphatic carboxylic acids is 1. The van der Waals surface area contributed by atoms with Gasteiger partial charge in [-0.1, -0.05) is 6.07 Å². The summed E-state index contributed by atoms with van der Waals surface area (Å²) < 4.78 is 0. The smallest absolute Gasteiger partial charge is 0.308 e. The van der Waals surface area contributed by atoms with E-state index in [9.17, 15) is 14.9 Å². The van der Waals surface area contributed by atoms with E-state index in [0.29, 0.717) is 21.1 Å². The minimum absolute atomic E-state index is 0.00163. The third-order valence-electron chi connectivity index (χ3n) is 2.87. The Bertz CT molecular complexity index is 694. The van der Waals surface area contributed by atoms with Gasteiger partial charge in [0, 0.05) is 22.6 Å². The van der Waals surface area contributed by atoms with Crippen molar-refractivity contribution < 1.29 is 14.8 Å². The summed E-state index contributed by atoms with van der Waals surface area (Å²) in [4.78, 5) is 26.1. The van der Waals surface area contributed by atoms with Crippen molar-refractivity contribution >= 4 is 23.0 Å². The highest BCUT2D eigenvalue weighted by atomic mass is 32.1. The van der Waals surface area contributed by atoms with Crippen molar-refractivity contribution in [2.45, 2.75) is 20.3 Å². The predicted octanol–water partition coefficient (Wildman–Crippen LogP) is 2.96. The third-order valence-corrected chi connectivity index (χ3v) is 4.06. The molecule has 0 aliphatic heterocycles. The van der Waals surface area contributed by atoms with Crippen LogP contribution in [0.3, 0.4) is 0 Å². The topological polar surface area (TPSA) is 93.3 Å². The third kappa shape index (κ3) is 2.83. The lowest BCUT2D eigenvalue weighted by Crippen LogP contribution is -1.99. The number of hydrogen-bond donors (Lipinski definition) is 1. The zero-order valence-corrected chi connectivity index (χ0v) is 11.7. The Morgan fingerprint density at radius 1 is 1.45 bits per heavy atom. The van der Waals surface area contributed by atoms with Crippen LogP contribution in [-0.2, 0) is 11.2 Å². The quantitative estimate of drug-likeness (QED) is 0.690. The van der Waals surface area contributed by atoms with Gasteiger partial charge >= 0.3 is 5.97 Å². The molecule has 0 bridgehead atoms. The lowest BCUT2D eigenvalue weighted by atomic mass is 10.1. The SMILES string of the molecule is Cc1ccc([N+](=O)[O-])cc1-c1nc(C)c(CC(=O)O)s1. The molecule has 0 saturated heterocycles. The first-order chi connectivity index (χ1) is 9.38. The molecule has 104 valence electrons. The minimum atomic E-state index is -0.918. The molecule has 0 unspecified atom stereocenters. The molecule has 2 aromatic rings. The summed E-state index contributed by atoms with van der Waals surface area (Å²) in [6, 6.07) is 4.58.